The van der Waals surface area contributed by atoms with E-state index in [1.54, 1.807) is 25.2 Å². The largest absolute Gasteiger partial charge is 0.493 e. The summed E-state index contributed by atoms with van der Waals surface area (Å²) in [5.41, 5.74) is 2.17. The average molecular weight is 543 g/mol. The number of aromatic hydroxyl groups is 1. The highest BCUT2D eigenvalue weighted by atomic mass is 35.5. The molecule has 0 atom stereocenters. The third-order valence-corrected chi connectivity index (χ3v) is 6.84. The van der Waals surface area contributed by atoms with Crippen molar-refractivity contribution in [2.24, 2.45) is 7.05 Å². The molecule has 14 heteroatoms. The number of halogens is 3. The second-order valence-corrected chi connectivity index (χ2v) is 9.49. The van der Waals surface area contributed by atoms with E-state index in [1.165, 1.54) is 17.1 Å². The molecule has 1 aromatic carbocycles. The van der Waals surface area contributed by atoms with Crippen LogP contribution in [0.15, 0.2) is 35.5 Å². The molecule has 0 aliphatic carbocycles. The molecule has 196 valence electrons. The lowest BCUT2D eigenvalue weighted by atomic mass is 10.1. The molecule has 0 amide bonds. The fraction of sp³-hybridized carbons (Fsp3) is 0.292. The second kappa shape index (κ2) is 8.94. The van der Waals surface area contributed by atoms with E-state index in [4.69, 9.17) is 16.3 Å². The summed E-state index contributed by atoms with van der Waals surface area (Å²) in [6.45, 7) is -0.650. The third-order valence-electron chi connectivity index (χ3n) is 6.56. The molecule has 3 N–H and O–H groups in total. The lowest BCUT2D eigenvalue weighted by Crippen LogP contribution is -2.32. The van der Waals surface area contributed by atoms with E-state index in [9.17, 15) is 18.7 Å². The van der Waals surface area contributed by atoms with E-state index in [0.717, 1.165) is 5.69 Å². The van der Waals surface area contributed by atoms with Crippen molar-refractivity contribution in [2.75, 3.05) is 35.2 Å². The Morgan fingerprint density at radius 3 is 2.95 bits per heavy atom. The molecule has 0 fully saturated rings. The molecule has 2 aliphatic rings. The zero-order chi connectivity index (χ0) is 26.6. The molecule has 0 unspecified atom stereocenters. The molecule has 38 heavy (non-hydrogen) atoms. The Morgan fingerprint density at radius 1 is 1.26 bits per heavy atom. The zero-order valence-corrected chi connectivity index (χ0v) is 20.8. The van der Waals surface area contributed by atoms with Crippen LogP contribution in [0.5, 0.6) is 11.6 Å². The Morgan fingerprint density at radius 2 is 2.11 bits per heavy atom. The highest BCUT2D eigenvalue weighted by Crippen LogP contribution is 2.36. The topological polar surface area (TPSA) is 130 Å². The number of benzene rings is 1. The summed E-state index contributed by atoms with van der Waals surface area (Å²) in [4.78, 5) is 31.7. The zero-order valence-electron chi connectivity index (χ0n) is 20.0. The molecule has 0 saturated carbocycles. The minimum Gasteiger partial charge on any atom is -0.493 e. The highest BCUT2D eigenvalue weighted by Gasteiger charge is 2.35. The molecule has 0 radical (unpaired) electrons. The maximum absolute atomic E-state index is 14.0. The first-order valence-electron chi connectivity index (χ1n) is 11.7. The summed E-state index contributed by atoms with van der Waals surface area (Å²) in [7, 11) is 1.55. The minimum absolute atomic E-state index is 0.0768. The number of hydrogen-bond acceptors (Lipinski definition) is 10. The van der Waals surface area contributed by atoms with Crippen LogP contribution in [0, 0.1) is 0 Å². The van der Waals surface area contributed by atoms with Crippen LogP contribution in [0.2, 0.25) is 5.02 Å². The molecule has 0 spiro atoms. The first kappa shape index (κ1) is 24.1. The Bertz CT molecular complexity index is 1650. The monoisotopic (exact) mass is 542 g/mol. The molecule has 11 nitrogen and oxygen atoms in total. The predicted octanol–water partition coefficient (Wildman–Crippen LogP) is 3.22. The number of ether oxygens (including phenoxy) is 1. The van der Waals surface area contributed by atoms with Crippen LogP contribution < -0.4 is 25.8 Å². The van der Waals surface area contributed by atoms with Crippen LogP contribution in [0.25, 0.3) is 10.9 Å². The number of aryl methyl sites for hydroxylation is 1. The van der Waals surface area contributed by atoms with E-state index < -0.39 is 24.6 Å². The number of fused-ring (bicyclic) bond motifs is 4. The molecular formula is C24H21ClF2N8O3. The first-order valence-corrected chi connectivity index (χ1v) is 12.1. The van der Waals surface area contributed by atoms with Gasteiger partial charge in [-0.15, -0.1) is 0 Å². The molecule has 6 rings (SSSR count). The van der Waals surface area contributed by atoms with Crippen LogP contribution in [-0.4, -0.2) is 55.2 Å². The van der Waals surface area contributed by atoms with Gasteiger partial charge in [-0.25, -0.2) is 23.7 Å². The van der Waals surface area contributed by atoms with Gasteiger partial charge in [0.2, 0.25) is 17.6 Å². The third kappa shape index (κ3) is 4.18. The molecule has 2 aliphatic heterocycles. The van der Waals surface area contributed by atoms with Gasteiger partial charge >= 0.3 is 0 Å². The summed E-state index contributed by atoms with van der Waals surface area (Å²) in [5, 5.41) is 16.8. The van der Waals surface area contributed by atoms with Gasteiger partial charge in [0.05, 0.1) is 41.7 Å². The van der Waals surface area contributed by atoms with Crippen molar-refractivity contribution in [1.29, 1.82) is 0 Å². The van der Waals surface area contributed by atoms with Crippen molar-refractivity contribution in [1.82, 2.24) is 24.5 Å². The van der Waals surface area contributed by atoms with Gasteiger partial charge in [-0.3, -0.25) is 4.79 Å². The second-order valence-electron chi connectivity index (χ2n) is 9.08. The first-order chi connectivity index (χ1) is 18.2. The van der Waals surface area contributed by atoms with E-state index in [1.807, 2.05) is 4.90 Å². The quantitative estimate of drug-likeness (QED) is 0.355. The highest BCUT2D eigenvalue weighted by molar-refractivity contribution is 6.33. The number of nitrogens with one attached hydrogen (secondary N) is 2. The Balaban J connectivity index is 1.34. The molecule has 0 saturated heterocycles. The van der Waals surface area contributed by atoms with Crippen molar-refractivity contribution >= 4 is 45.6 Å². The molecule has 4 aromatic rings. The Kier molecular flexibility index (Phi) is 5.67. The molecule has 5 heterocycles. The molecule has 3 aromatic heterocycles. The van der Waals surface area contributed by atoms with Crippen LogP contribution >= 0.6 is 11.6 Å². The van der Waals surface area contributed by atoms with Gasteiger partial charge in [-0.05, 0) is 18.2 Å². The lowest BCUT2D eigenvalue weighted by molar-refractivity contribution is -0.0251. The van der Waals surface area contributed by atoms with E-state index in [2.05, 4.69) is 30.6 Å². The predicted molar refractivity (Wildman–Crippen MR) is 137 cm³/mol. The Labute approximate surface area is 219 Å². The lowest BCUT2D eigenvalue weighted by Gasteiger charge is -2.28. The number of anilines is 4. The maximum Gasteiger partial charge on any atom is 0.298 e. The fourth-order valence-corrected chi connectivity index (χ4v) is 4.72. The summed E-state index contributed by atoms with van der Waals surface area (Å²) in [5.74, 6) is -2.65. The van der Waals surface area contributed by atoms with Gasteiger partial charge in [0.1, 0.15) is 11.3 Å². The van der Waals surface area contributed by atoms with Gasteiger partial charge in [0.25, 0.3) is 11.5 Å². The van der Waals surface area contributed by atoms with E-state index in [-0.39, 0.29) is 22.3 Å². The molecule has 0 bridgehead atoms. The van der Waals surface area contributed by atoms with Crippen molar-refractivity contribution in [3.8, 4) is 11.6 Å². The van der Waals surface area contributed by atoms with E-state index >= 15 is 0 Å². The number of alkyl halides is 2. The Hall–Kier alpha value is -4.26. The van der Waals surface area contributed by atoms with Crippen molar-refractivity contribution in [3.63, 3.8) is 0 Å². The summed E-state index contributed by atoms with van der Waals surface area (Å²) in [6, 6.07) is 5.13. The van der Waals surface area contributed by atoms with Crippen molar-refractivity contribution < 1.29 is 18.6 Å². The number of aromatic nitrogens is 5. The minimum atomic E-state index is -3.13. The summed E-state index contributed by atoms with van der Waals surface area (Å²) < 4.78 is 34.6. The van der Waals surface area contributed by atoms with Gasteiger partial charge in [0.15, 0.2) is 12.4 Å². The average Bonchev–Trinajstić information content (AvgIpc) is 3.07. The van der Waals surface area contributed by atoms with Gasteiger partial charge in [-0.1, -0.05) is 11.6 Å². The maximum atomic E-state index is 14.0. The normalized spacial score (nSPS) is 16.2. The van der Waals surface area contributed by atoms with Crippen LogP contribution in [0.4, 0.5) is 31.9 Å². The van der Waals surface area contributed by atoms with Crippen molar-refractivity contribution in [3.05, 3.63) is 57.4 Å². The molecular weight excluding hydrogens is 522 g/mol. The van der Waals surface area contributed by atoms with E-state index in [0.29, 0.717) is 53.4 Å². The van der Waals surface area contributed by atoms with Crippen molar-refractivity contribution in [2.45, 2.75) is 18.9 Å². The van der Waals surface area contributed by atoms with Crippen LogP contribution in [0.3, 0.4) is 0 Å². The fourth-order valence-electron chi connectivity index (χ4n) is 4.58. The van der Waals surface area contributed by atoms with Crippen LogP contribution in [-0.2, 0) is 20.0 Å². The SMILES string of the molecule is Cn1c(=O)c2c(c3cc(Nc4nc(N5CCc6ncnc(O)c6C5)ncc4Cl)ccc31)NCC(F)(F)CO2. The van der Waals surface area contributed by atoms with Gasteiger partial charge in [-0.2, -0.15) is 4.98 Å². The smallest absolute Gasteiger partial charge is 0.298 e. The number of hydrogen-bond donors (Lipinski definition) is 3. The van der Waals surface area contributed by atoms with Crippen LogP contribution in [0.1, 0.15) is 11.3 Å². The van der Waals surface area contributed by atoms with Gasteiger partial charge < -0.3 is 29.9 Å². The number of pyridine rings is 1. The summed E-state index contributed by atoms with van der Waals surface area (Å²) in [6.07, 6.45) is 3.39. The van der Waals surface area contributed by atoms with Gasteiger partial charge in [0, 0.05) is 31.1 Å². The number of rotatable bonds is 3. The standard InChI is InChI=1S/C24H21ClF2N8O3/c1-34-17-3-2-12(6-13(17)18-19(22(34)37)38-10-24(26,27)9-29-18)32-20-15(25)7-28-23(33-20)35-5-4-16-14(8-35)21(36)31-11-30-16/h2-3,6-7,11,29H,4-5,8-10H2,1H3,(H,28,32,33)(H,30,31,36). The summed E-state index contributed by atoms with van der Waals surface area (Å²) >= 11 is 6.40. The number of nitrogens with zero attached hydrogens (tertiary/aromatic N) is 6.